The number of hydrogen-bond acceptors (Lipinski definition) is 2. The minimum atomic E-state index is 0.0184. The molecule has 1 aromatic rings. The maximum absolute atomic E-state index is 11.4. The van der Waals surface area contributed by atoms with Crippen LogP contribution in [0.2, 0.25) is 5.02 Å². The van der Waals surface area contributed by atoms with E-state index >= 15 is 0 Å². The topological polar surface area (TPSA) is 20.3 Å². The number of ketones is 1. The Balaban J connectivity index is 2.24. The van der Waals surface area contributed by atoms with E-state index in [2.05, 4.69) is 18.7 Å². The largest absolute Gasteiger partial charge is 0.369 e. The number of hydrogen-bond donors (Lipinski definition) is 0. The Morgan fingerprint density at radius 1 is 1.44 bits per heavy atom. The average molecular weight is 266 g/mol. The number of nitrogens with zero attached hydrogens (tertiary/aromatic N) is 1. The number of rotatable bonds is 5. The molecule has 1 aromatic carbocycles. The molecular weight excluding hydrogens is 246 g/mol. The molecule has 0 amide bonds. The van der Waals surface area contributed by atoms with E-state index in [9.17, 15) is 4.79 Å². The molecule has 0 atom stereocenters. The zero-order valence-corrected chi connectivity index (χ0v) is 12.0. The highest BCUT2D eigenvalue weighted by Crippen LogP contribution is 2.33. The quantitative estimate of drug-likeness (QED) is 0.745. The Morgan fingerprint density at radius 3 is 2.56 bits per heavy atom. The van der Waals surface area contributed by atoms with E-state index in [4.69, 9.17) is 11.6 Å². The Kier molecular flexibility index (Phi) is 3.96. The van der Waals surface area contributed by atoms with Crippen LogP contribution >= 0.6 is 11.6 Å². The van der Waals surface area contributed by atoms with E-state index < -0.39 is 0 Å². The first-order valence-electron chi connectivity index (χ1n) is 6.56. The number of carbonyl (C=O) groups is 1. The van der Waals surface area contributed by atoms with Gasteiger partial charge in [0, 0.05) is 23.8 Å². The summed E-state index contributed by atoms with van der Waals surface area (Å²) in [7, 11) is 0. The van der Waals surface area contributed by atoms with Gasteiger partial charge in [-0.05, 0) is 57.7 Å². The Bertz CT molecular complexity index is 452. The Hall–Kier alpha value is -1.02. The lowest BCUT2D eigenvalue weighted by Crippen LogP contribution is -2.32. The second-order valence-corrected chi connectivity index (χ2v) is 5.82. The summed E-state index contributed by atoms with van der Waals surface area (Å²) in [6.07, 6.45) is 2.67. The first kappa shape index (κ1) is 13.4. The van der Waals surface area contributed by atoms with Crippen LogP contribution in [0.3, 0.4) is 0 Å². The molecule has 1 fully saturated rings. The molecule has 18 heavy (non-hydrogen) atoms. The predicted octanol–water partition coefficient (Wildman–Crippen LogP) is 4.17. The molecule has 0 unspecified atom stereocenters. The second kappa shape index (κ2) is 5.31. The highest BCUT2D eigenvalue weighted by atomic mass is 35.5. The van der Waals surface area contributed by atoms with E-state index in [0.717, 1.165) is 18.2 Å². The van der Waals surface area contributed by atoms with Crippen molar-refractivity contribution >= 4 is 23.1 Å². The lowest BCUT2D eigenvalue weighted by Gasteiger charge is -2.29. The van der Waals surface area contributed by atoms with Crippen LogP contribution in [-0.2, 0) is 0 Å². The van der Waals surface area contributed by atoms with Crippen molar-refractivity contribution in [2.24, 2.45) is 5.92 Å². The first-order chi connectivity index (χ1) is 8.49. The fourth-order valence-electron chi connectivity index (χ4n) is 2.16. The summed E-state index contributed by atoms with van der Waals surface area (Å²) >= 11 is 6.18. The van der Waals surface area contributed by atoms with E-state index in [1.54, 1.807) is 6.92 Å². The lowest BCUT2D eigenvalue weighted by molar-refractivity contribution is 0.101. The molecule has 3 heteroatoms. The SMILES string of the molecule is CC(=O)c1ccc(N(CC2CC2)C(C)C)cc1Cl. The Labute approximate surface area is 114 Å². The van der Waals surface area contributed by atoms with Crippen LogP contribution in [0, 0.1) is 5.92 Å². The number of carbonyl (C=O) groups excluding carboxylic acids is 1. The van der Waals surface area contributed by atoms with Crippen molar-refractivity contribution in [3.05, 3.63) is 28.8 Å². The van der Waals surface area contributed by atoms with E-state index in [1.807, 2.05) is 18.2 Å². The van der Waals surface area contributed by atoms with Crippen LogP contribution in [0.25, 0.3) is 0 Å². The highest BCUT2D eigenvalue weighted by molar-refractivity contribution is 6.34. The number of Topliss-reactive ketones (excluding diaryl/α,β-unsaturated/α-hetero) is 1. The molecule has 2 nitrogen and oxygen atoms in total. The fourth-order valence-corrected chi connectivity index (χ4v) is 2.47. The molecule has 98 valence electrons. The maximum atomic E-state index is 11.4. The molecular formula is C15H20ClNO. The molecule has 0 spiro atoms. The van der Waals surface area contributed by atoms with E-state index in [-0.39, 0.29) is 5.78 Å². The van der Waals surface area contributed by atoms with Crippen LogP contribution < -0.4 is 4.90 Å². The van der Waals surface area contributed by atoms with Crippen LogP contribution in [0.15, 0.2) is 18.2 Å². The first-order valence-corrected chi connectivity index (χ1v) is 6.94. The van der Waals surface area contributed by atoms with Crippen molar-refractivity contribution in [3.63, 3.8) is 0 Å². The smallest absolute Gasteiger partial charge is 0.161 e. The summed E-state index contributed by atoms with van der Waals surface area (Å²) in [6.45, 7) is 7.02. The molecule has 0 heterocycles. The summed E-state index contributed by atoms with van der Waals surface area (Å²) in [6, 6.07) is 6.21. The highest BCUT2D eigenvalue weighted by Gasteiger charge is 2.26. The minimum absolute atomic E-state index is 0.0184. The standard InChI is InChI=1S/C15H20ClNO/c1-10(2)17(9-12-4-5-12)13-6-7-14(11(3)18)15(16)8-13/h6-8,10,12H,4-5,9H2,1-3H3. The molecule has 0 bridgehead atoms. The minimum Gasteiger partial charge on any atom is -0.369 e. The number of benzene rings is 1. The molecule has 0 N–H and O–H groups in total. The van der Waals surface area contributed by atoms with Gasteiger partial charge in [0.1, 0.15) is 0 Å². The van der Waals surface area contributed by atoms with Crippen molar-refractivity contribution in [2.45, 2.75) is 39.7 Å². The van der Waals surface area contributed by atoms with Crippen molar-refractivity contribution < 1.29 is 4.79 Å². The molecule has 0 saturated heterocycles. The average Bonchev–Trinajstić information content (AvgIpc) is 3.08. The fraction of sp³-hybridized carbons (Fsp3) is 0.533. The van der Waals surface area contributed by atoms with Crippen molar-refractivity contribution in [3.8, 4) is 0 Å². The van der Waals surface area contributed by atoms with Gasteiger partial charge < -0.3 is 4.90 Å². The zero-order valence-electron chi connectivity index (χ0n) is 11.2. The maximum Gasteiger partial charge on any atom is 0.161 e. The normalized spacial score (nSPS) is 14.9. The van der Waals surface area contributed by atoms with Gasteiger partial charge in [-0.15, -0.1) is 0 Å². The monoisotopic (exact) mass is 265 g/mol. The third-order valence-corrected chi connectivity index (χ3v) is 3.75. The van der Waals surface area contributed by atoms with Gasteiger partial charge in [0.15, 0.2) is 5.78 Å². The van der Waals surface area contributed by atoms with Gasteiger partial charge >= 0.3 is 0 Å². The van der Waals surface area contributed by atoms with Crippen LogP contribution in [0.1, 0.15) is 44.0 Å². The molecule has 1 aliphatic rings. The lowest BCUT2D eigenvalue weighted by atomic mass is 10.1. The van der Waals surface area contributed by atoms with Gasteiger partial charge in [0.25, 0.3) is 0 Å². The number of halogens is 1. The Morgan fingerprint density at radius 2 is 2.11 bits per heavy atom. The summed E-state index contributed by atoms with van der Waals surface area (Å²) in [5.41, 5.74) is 1.72. The van der Waals surface area contributed by atoms with Crippen molar-refractivity contribution in [2.75, 3.05) is 11.4 Å². The predicted molar refractivity (Wildman–Crippen MR) is 76.7 cm³/mol. The molecule has 2 rings (SSSR count). The zero-order chi connectivity index (χ0) is 13.3. The van der Waals surface area contributed by atoms with Gasteiger partial charge in [-0.3, -0.25) is 4.79 Å². The molecule has 1 aliphatic carbocycles. The van der Waals surface area contributed by atoms with Crippen LogP contribution in [0.5, 0.6) is 0 Å². The number of anilines is 1. The third kappa shape index (κ3) is 3.05. The summed E-state index contributed by atoms with van der Waals surface area (Å²) in [5, 5.41) is 0.557. The third-order valence-electron chi connectivity index (χ3n) is 3.44. The van der Waals surface area contributed by atoms with E-state index in [0.29, 0.717) is 16.6 Å². The van der Waals surface area contributed by atoms with Gasteiger partial charge in [0.2, 0.25) is 0 Å². The van der Waals surface area contributed by atoms with E-state index in [1.165, 1.54) is 12.8 Å². The van der Waals surface area contributed by atoms with Crippen LogP contribution in [0.4, 0.5) is 5.69 Å². The van der Waals surface area contributed by atoms with Gasteiger partial charge in [-0.25, -0.2) is 0 Å². The molecule has 0 aromatic heterocycles. The van der Waals surface area contributed by atoms with Gasteiger partial charge in [-0.1, -0.05) is 11.6 Å². The van der Waals surface area contributed by atoms with Crippen molar-refractivity contribution in [1.82, 2.24) is 0 Å². The molecule has 1 saturated carbocycles. The second-order valence-electron chi connectivity index (χ2n) is 5.41. The van der Waals surface area contributed by atoms with Crippen molar-refractivity contribution in [1.29, 1.82) is 0 Å². The molecule has 0 aliphatic heterocycles. The van der Waals surface area contributed by atoms with Gasteiger partial charge in [-0.2, -0.15) is 0 Å². The summed E-state index contributed by atoms with van der Waals surface area (Å²) < 4.78 is 0. The summed E-state index contributed by atoms with van der Waals surface area (Å²) in [5.74, 6) is 0.850. The van der Waals surface area contributed by atoms with Gasteiger partial charge in [0.05, 0.1) is 5.02 Å². The van der Waals surface area contributed by atoms with Crippen LogP contribution in [-0.4, -0.2) is 18.4 Å². The summed E-state index contributed by atoms with van der Waals surface area (Å²) in [4.78, 5) is 13.7. The molecule has 0 radical (unpaired) electrons.